The van der Waals surface area contributed by atoms with E-state index in [4.69, 9.17) is 9.47 Å². The zero-order valence-corrected chi connectivity index (χ0v) is 20.9. The first-order valence-electron chi connectivity index (χ1n) is 10.6. The number of phenolic OH excluding ortho intramolecular Hbond substituents is 1. The number of carboxylic acid groups (broad SMARTS) is 1. The van der Waals surface area contributed by atoms with Crippen molar-refractivity contribution in [3.63, 3.8) is 0 Å². The molecule has 0 spiro atoms. The molecule has 0 amide bonds. The van der Waals surface area contributed by atoms with Gasteiger partial charge in [-0.05, 0) is 92.6 Å². The molecular weight excluding hydrogens is 566 g/mol. The van der Waals surface area contributed by atoms with E-state index in [9.17, 15) is 30.3 Å². The molecule has 1 saturated heterocycles. The Bertz CT molecular complexity index is 985. The molecule has 1 heterocycles. The van der Waals surface area contributed by atoms with Gasteiger partial charge in [0.15, 0.2) is 11.5 Å². The molecule has 1 aliphatic carbocycles. The third-order valence-corrected chi connectivity index (χ3v) is 7.57. The minimum Gasteiger partial charge on any atom is -0.547 e. The van der Waals surface area contributed by atoms with E-state index in [1.54, 1.807) is 12.1 Å². The zero-order valence-electron chi connectivity index (χ0n) is 17.7. The van der Waals surface area contributed by atoms with Crippen molar-refractivity contribution in [2.45, 2.75) is 68.9 Å². The van der Waals surface area contributed by atoms with Crippen LogP contribution in [0.15, 0.2) is 33.2 Å². The monoisotopic (exact) mass is 591 g/mol. The number of carboxylic acids is 1. The molecule has 11 heteroatoms. The van der Waals surface area contributed by atoms with Crippen LogP contribution in [0, 0.1) is 0 Å². The first kappa shape index (κ1) is 26.1. The molecule has 1 saturated carbocycles. The molecule has 0 bridgehead atoms. The largest absolute Gasteiger partial charge is 0.547 e. The van der Waals surface area contributed by atoms with Crippen LogP contribution in [0.1, 0.15) is 32.1 Å². The van der Waals surface area contributed by atoms with E-state index in [-0.39, 0.29) is 11.5 Å². The standard InChI is InChI=1S/C16H14Br2O8.C6H13N/c17-7-1-5-3-9(19)10(4-6(5)2-8(7)18)25-16-13(22)11(20)12(21)14(26-16)15(23)24;7-6-4-2-1-3-5-6/h1-4,11-14,16,19-22H,(H,23,24);6H,1-5,7H2. The van der Waals surface area contributed by atoms with Crippen LogP contribution in [0.4, 0.5) is 0 Å². The number of halogens is 2. The number of hydrogen-bond acceptors (Lipinski definition) is 8. The van der Waals surface area contributed by atoms with Crippen LogP contribution < -0.4 is 15.6 Å². The Balaban J connectivity index is 0.000000374. The molecule has 2 aliphatic rings. The summed E-state index contributed by atoms with van der Waals surface area (Å²) in [7, 11) is 0. The van der Waals surface area contributed by atoms with Crippen molar-refractivity contribution < 1.29 is 45.5 Å². The van der Waals surface area contributed by atoms with Crippen LogP contribution in [0.2, 0.25) is 0 Å². The Morgan fingerprint density at radius 3 is 2.06 bits per heavy atom. The molecule has 5 unspecified atom stereocenters. The van der Waals surface area contributed by atoms with E-state index < -0.39 is 36.7 Å². The second-order valence-corrected chi connectivity index (χ2v) is 9.98. The minimum absolute atomic E-state index is 0.100. The Kier molecular flexibility index (Phi) is 8.95. The lowest BCUT2D eigenvalue weighted by Crippen LogP contribution is -2.63. The number of aliphatic hydroxyl groups excluding tert-OH is 3. The fourth-order valence-electron chi connectivity index (χ4n) is 3.81. The van der Waals surface area contributed by atoms with Crippen LogP contribution in [0.3, 0.4) is 0 Å². The van der Waals surface area contributed by atoms with Crippen LogP contribution in [0.5, 0.6) is 11.5 Å². The predicted molar refractivity (Wildman–Crippen MR) is 123 cm³/mol. The van der Waals surface area contributed by atoms with Crippen molar-refractivity contribution in [2.75, 3.05) is 0 Å². The number of aliphatic hydroxyl groups is 3. The highest BCUT2D eigenvalue weighted by Crippen LogP contribution is 2.37. The molecule has 33 heavy (non-hydrogen) atoms. The number of quaternary nitrogens is 1. The van der Waals surface area contributed by atoms with E-state index >= 15 is 0 Å². The van der Waals surface area contributed by atoms with E-state index in [1.165, 1.54) is 44.2 Å². The van der Waals surface area contributed by atoms with Crippen LogP contribution in [-0.4, -0.2) is 63.1 Å². The first-order valence-corrected chi connectivity index (χ1v) is 12.2. The molecule has 5 atom stereocenters. The van der Waals surface area contributed by atoms with Gasteiger partial charge in [0.1, 0.15) is 24.4 Å². The molecule has 0 radical (unpaired) electrons. The lowest BCUT2D eigenvalue weighted by Gasteiger charge is -2.40. The molecule has 9 nitrogen and oxygen atoms in total. The van der Waals surface area contributed by atoms with Crippen molar-refractivity contribution in [3.8, 4) is 11.5 Å². The molecule has 7 N–H and O–H groups in total. The van der Waals surface area contributed by atoms with Crippen molar-refractivity contribution in [1.82, 2.24) is 0 Å². The first-order chi connectivity index (χ1) is 15.6. The van der Waals surface area contributed by atoms with E-state index in [0.29, 0.717) is 10.8 Å². The summed E-state index contributed by atoms with van der Waals surface area (Å²) in [6, 6.07) is 7.18. The van der Waals surface area contributed by atoms with Crippen molar-refractivity contribution in [3.05, 3.63) is 33.2 Å². The molecular formula is C22H27Br2NO8. The lowest BCUT2D eigenvalue weighted by molar-refractivity contribution is -0.425. The minimum atomic E-state index is -1.90. The quantitative estimate of drug-likeness (QED) is 0.345. The second-order valence-electron chi connectivity index (χ2n) is 8.27. The molecule has 4 rings (SSSR count). The molecule has 182 valence electrons. The summed E-state index contributed by atoms with van der Waals surface area (Å²) in [4.78, 5) is 11.0. The number of hydrogen-bond donors (Lipinski definition) is 5. The smallest absolute Gasteiger partial charge is 0.229 e. The zero-order chi connectivity index (χ0) is 24.3. The van der Waals surface area contributed by atoms with Gasteiger partial charge >= 0.3 is 0 Å². The van der Waals surface area contributed by atoms with Crippen LogP contribution in [0.25, 0.3) is 10.8 Å². The molecule has 2 fully saturated rings. The number of benzene rings is 2. The maximum atomic E-state index is 11.0. The van der Waals surface area contributed by atoms with Gasteiger partial charge in [-0.2, -0.15) is 0 Å². The van der Waals surface area contributed by atoms with Crippen LogP contribution in [-0.2, 0) is 9.53 Å². The van der Waals surface area contributed by atoms with Gasteiger partial charge in [-0.25, -0.2) is 0 Å². The summed E-state index contributed by atoms with van der Waals surface area (Å²) in [5, 5.41) is 52.0. The molecule has 1 aliphatic heterocycles. The highest BCUT2D eigenvalue weighted by molar-refractivity contribution is 9.13. The van der Waals surface area contributed by atoms with Gasteiger partial charge in [-0.15, -0.1) is 0 Å². The number of fused-ring (bicyclic) bond motifs is 1. The molecule has 2 aromatic rings. The van der Waals surface area contributed by atoms with Gasteiger partial charge in [0.05, 0.1) is 12.0 Å². The summed E-state index contributed by atoms with van der Waals surface area (Å²) in [5.41, 5.74) is 4.00. The third-order valence-electron chi connectivity index (χ3n) is 5.73. The predicted octanol–water partition coefficient (Wildman–Crippen LogP) is 0.568. The summed E-state index contributed by atoms with van der Waals surface area (Å²) in [6.07, 6.45) is -1.94. The number of carbonyl (C=O) groups excluding carboxylic acids is 1. The van der Waals surface area contributed by atoms with Gasteiger partial charge < -0.3 is 45.5 Å². The van der Waals surface area contributed by atoms with Gasteiger partial charge in [0, 0.05) is 8.95 Å². The Morgan fingerprint density at radius 1 is 0.970 bits per heavy atom. The third kappa shape index (κ3) is 6.36. The second kappa shape index (κ2) is 11.3. The fourth-order valence-corrected chi connectivity index (χ4v) is 4.53. The van der Waals surface area contributed by atoms with Crippen molar-refractivity contribution >= 4 is 48.6 Å². The number of aliphatic carboxylic acids is 1. The normalized spacial score (nSPS) is 28.1. The Hall–Kier alpha value is -1.47. The van der Waals surface area contributed by atoms with Gasteiger partial charge in [0.2, 0.25) is 6.29 Å². The van der Waals surface area contributed by atoms with E-state index in [1.807, 2.05) is 0 Å². The average molecular weight is 593 g/mol. The highest BCUT2D eigenvalue weighted by Gasteiger charge is 2.45. The maximum absolute atomic E-state index is 11.0. The lowest BCUT2D eigenvalue weighted by atomic mass is 9.97. The van der Waals surface area contributed by atoms with Crippen LogP contribution >= 0.6 is 31.9 Å². The average Bonchev–Trinajstić information content (AvgIpc) is 2.76. The fraction of sp³-hybridized carbons (Fsp3) is 0.500. The maximum Gasteiger partial charge on any atom is 0.229 e. The highest BCUT2D eigenvalue weighted by atomic mass is 79.9. The van der Waals surface area contributed by atoms with E-state index in [0.717, 1.165) is 15.0 Å². The number of ether oxygens (including phenoxy) is 2. The number of aromatic hydroxyl groups is 1. The van der Waals surface area contributed by atoms with Gasteiger partial charge in [-0.1, -0.05) is 6.42 Å². The number of carbonyl (C=O) groups is 1. The van der Waals surface area contributed by atoms with Crippen molar-refractivity contribution in [1.29, 1.82) is 0 Å². The molecule has 2 aromatic carbocycles. The molecule has 0 aromatic heterocycles. The van der Waals surface area contributed by atoms with Gasteiger partial charge in [0.25, 0.3) is 0 Å². The topological polar surface area (TPSA) is 167 Å². The van der Waals surface area contributed by atoms with E-state index in [2.05, 4.69) is 37.6 Å². The summed E-state index contributed by atoms with van der Waals surface area (Å²) >= 11 is 6.71. The Labute approximate surface area is 207 Å². The SMILES string of the molecule is O=C([O-])C1OC(Oc2cc3cc(Br)c(Br)cc3cc2O)C(O)C(O)C1O.[NH3+]C1CCCCC1. The Morgan fingerprint density at radius 2 is 1.55 bits per heavy atom. The van der Waals surface area contributed by atoms with Gasteiger partial charge in [-0.3, -0.25) is 0 Å². The summed E-state index contributed by atoms with van der Waals surface area (Å²) in [6.45, 7) is 0. The number of phenols is 1. The van der Waals surface area contributed by atoms with Crippen molar-refractivity contribution in [2.24, 2.45) is 0 Å². The number of rotatable bonds is 3. The summed E-state index contributed by atoms with van der Waals surface area (Å²) < 4.78 is 11.9. The summed E-state index contributed by atoms with van der Waals surface area (Å²) in [5.74, 6) is -2.15.